The lowest BCUT2D eigenvalue weighted by atomic mass is 9.98. The topological polar surface area (TPSA) is 442 Å². The molecule has 4 aromatic carbocycles. The molecule has 12 amide bonds. The summed E-state index contributed by atoms with van der Waals surface area (Å²) in [6, 6.07) is 15.7. The third kappa shape index (κ3) is 19.1. The molecule has 18 N–H and O–H groups in total. The highest BCUT2D eigenvalue weighted by atomic mass is 16.2. The molecule has 0 radical (unpaired) electrons. The number of hydrogen-bond acceptors (Lipinski definition) is 13. The van der Waals surface area contributed by atoms with Crippen LogP contribution in [0, 0.1) is 11.8 Å². The molecule has 28 nitrogen and oxygen atoms in total. The van der Waals surface area contributed by atoms with Gasteiger partial charge in [0, 0.05) is 89.9 Å². The number of carbonyl (C=O) groups is 12. The highest BCUT2D eigenvalue weighted by Gasteiger charge is 2.42. The van der Waals surface area contributed by atoms with Gasteiger partial charge < -0.3 is 84.9 Å². The van der Waals surface area contributed by atoms with Crippen LogP contribution in [0.15, 0.2) is 122 Å². The van der Waals surface area contributed by atoms with Gasteiger partial charge in [-0.3, -0.25) is 57.5 Å². The number of carbonyl (C=O) groups excluding carboxylic acids is 12. The van der Waals surface area contributed by atoms with Crippen molar-refractivity contribution in [1.29, 1.82) is 0 Å². The Balaban J connectivity index is 1.13. The average Bonchev–Trinajstić information content (AvgIpc) is 1.68. The first kappa shape index (κ1) is 73.3. The molecule has 0 spiro atoms. The van der Waals surface area contributed by atoms with E-state index in [2.05, 4.69) is 62.8 Å². The van der Waals surface area contributed by atoms with Gasteiger partial charge in [0.2, 0.25) is 70.9 Å². The Hall–Kier alpha value is -10.9. The molecule has 100 heavy (non-hydrogen) atoms. The monoisotopic (exact) mass is 1370 g/mol. The van der Waals surface area contributed by atoms with E-state index < -0.39 is 156 Å². The van der Waals surface area contributed by atoms with Crippen LogP contribution in [-0.4, -0.2) is 164 Å². The molecule has 2 aliphatic rings. The van der Waals surface area contributed by atoms with Crippen LogP contribution >= 0.6 is 0 Å². The lowest BCUT2D eigenvalue weighted by Crippen LogP contribution is -2.62. The molecule has 10 atom stereocenters. The number of rotatable bonds is 19. The van der Waals surface area contributed by atoms with Crippen LogP contribution in [0.1, 0.15) is 101 Å². The summed E-state index contributed by atoms with van der Waals surface area (Å²) in [5, 5.41) is 26.9. The predicted molar refractivity (Wildman–Crippen MR) is 373 cm³/mol. The zero-order valence-corrected chi connectivity index (χ0v) is 56.5. The molecule has 28 heteroatoms. The number of H-pyrrole nitrogens is 3. The molecular weight excluding hydrogens is 1280 g/mol. The zero-order chi connectivity index (χ0) is 71.7. The highest BCUT2D eigenvalue weighted by Crippen LogP contribution is 2.26. The van der Waals surface area contributed by atoms with Gasteiger partial charge in [-0.1, -0.05) is 113 Å². The van der Waals surface area contributed by atoms with Crippen LogP contribution in [0.4, 0.5) is 0 Å². The third-order valence-corrected chi connectivity index (χ3v) is 18.2. The first-order chi connectivity index (χ1) is 47.9. The lowest BCUT2D eigenvalue weighted by Gasteiger charge is -2.32. The quantitative estimate of drug-likeness (QED) is 0.0545. The minimum absolute atomic E-state index is 0.0199. The fourth-order valence-electron chi connectivity index (χ4n) is 13.0. The molecular formula is C72H90N16O12. The number of benzene rings is 4. The summed E-state index contributed by atoms with van der Waals surface area (Å²) < 4.78 is 0. The minimum atomic E-state index is -1.87. The van der Waals surface area contributed by atoms with Crippen molar-refractivity contribution >= 4 is 104 Å². The van der Waals surface area contributed by atoms with Crippen molar-refractivity contribution in [3.8, 4) is 0 Å². The summed E-state index contributed by atoms with van der Waals surface area (Å²) >= 11 is 0. The van der Waals surface area contributed by atoms with E-state index in [4.69, 9.17) is 17.2 Å². The van der Waals surface area contributed by atoms with Crippen LogP contribution in [0.2, 0.25) is 0 Å². The molecule has 0 bridgehead atoms. The summed E-state index contributed by atoms with van der Waals surface area (Å²) in [6.45, 7) is 7.12. The van der Waals surface area contributed by atoms with Crippen LogP contribution in [0.25, 0.3) is 32.7 Å². The number of nitrogens with zero attached hydrogens (tertiary/aromatic N) is 1. The molecule has 530 valence electrons. The number of para-hydroxylation sites is 3. The summed E-state index contributed by atoms with van der Waals surface area (Å²) in [5.74, 6) is -11.6. The summed E-state index contributed by atoms with van der Waals surface area (Å²) in [5.41, 5.74) is 21.7. The minimum Gasteiger partial charge on any atom is -0.370 e. The van der Waals surface area contributed by atoms with E-state index >= 15 is 24.0 Å². The second kappa shape index (κ2) is 34.1. The van der Waals surface area contributed by atoms with E-state index in [0.717, 1.165) is 0 Å². The molecule has 5 heterocycles. The molecule has 2 aliphatic heterocycles. The molecule has 0 unspecified atom stereocenters. The van der Waals surface area contributed by atoms with Crippen molar-refractivity contribution in [3.05, 3.63) is 144 Å². The first-order valence-electron chi connectivity index (χ1n) is 33.9. The van der Waals surface area contributed by atoms with Crippen LogP contribution in [0.3, 0.4) is 0 Å². The van der Waals surface area contributed by atoms with E-state index in [9.17, 15) is 33.6 Å². The Morgan fingerprint density at radius 3 is 1.35 bits per heavy atom. The molecule has 2 saturated heterocycles. The SMILES string of the molecule is CC(C)C[C@@H]1NC(=O)[C@H](CCCN)NC(=O)[C@H](C(C)C)NC(=O)[C@H](Cc2c[nH]c3ccccc23)NC(=O)[C@H](CCC(N)=O)NC(=O)[C@H](CC(N)=O)NC(=O)[C@@H](Cc2c[nH]c3ccccc23)NC(=O)[C@H](Cc2c[nH]c3ccccc23)NC(=O)[C@@H]2CCCN2C(=O)[C@@H](Cc2ccccc2)NC1=O. The Kier molecular flexibility index (Phi) is 25.0. The van der Waals surface area contributed by atoms with Crippen molar-refractivity contribution in [2.75, 3.05) is 13.1 Å². The second-order valence-corrected chi connectivity index (χ2v) is 26.5. The number of nitrogens with two attached hydrogens (primary N) is 3. The smallest absolute Gasteiger partial charge is 0.246 e. The highest BCUT2D eigenvalue weighted by molar-refractivity contribution is 6.01. The Morgan fingerprint density at radius 1 is 0.450 bits per heavy atom. The maximum atomic E-state index is 15.4. The average molecular weight is 1370 g/mol. The van der Waals surface area contributed by atoms with Gasteiger partial charge in [-0.2, -0.15) is 0 Å². The number of hydrogen-bond donors (Lipinski definition) is 15. The summed E-state index contributed by atoms with van der Waals surface area (Å²) in [6.07, 6.45) is 3.17. The molecule has 7 aromatic rings. The van der Waals surface area contributed by atoms with Gasteiger partial charge in [-0.05, 0) is 97.4 Å². The van der Waals surface area contributed by atoms with Crippen LogP contribution < -0.4 is 65.1 Å². The van der Waals surface area contributed by atoms with E-state index in [0.29, 0.717) is 61.4 Å². The van der Waals surface area contributed by atoms with Gasteiger partial charge in [0.15, 0.2) is 0 Å². The van der Waals surface area contributed by atoms with E-state index in [-0.39, 0.29) is 70.4 Å². The van der Waals surface area contributed by atoms with Crippen molar-refractivity contribution in [3.63, 3.8) is 0 Å². The number of nitrogens with one attached hydrogen (secondary N) is 12. The normalized spacial score (nSPS) is 23.2. The standard InChI is InChI=1S/C72H90N16O12/c1-39(2)30-53-65(93)86-58(31-41-16-6-5-7-17-41)72(100)88-29-15-25-59(88)70(98)85-55(33-43-37-77-49-22-12-9-19-46(43)49)67(95)83-54(32-42-36-76-48-21-11-8-18-45(42)48)66(94)84-57(35-61(75)90)68(96)79-52(26-27-60(74)89)64(92)82-56(34-44-38-78-50-23-13-10-20-47(44)50)69(97)87-62(40(3)4)71(99)80-51(24-14-28-73)63(91)81-53/h5-13,16-23,36-40,51-59,62,76-78H,14-15,24-35,73H2,1-4H3,(H2,74,89)(H2,75,90)(H,79,96)(H,80,99)(H,81,91)(H,82,92)(H,83,95)(H,84,94)(H,85,98)(H,86,93)(H,87,97)/t51-,52-,53-,54+,55-,56-,57-,58+,59-,62-/m0/s1. The molecule has 9 rings (SSSR count). The van der Waals surface area contributed by atoms with Gasteiger partial charge in [0.1, 0.15) is 60.4 Å². The van der Waals surface area contributed by atoms with Gasteiger partial charge in [0.05, 0.1) is 6.42 Å². The fourth-order valence-corrected chi connectivity index (χ4v) is 13.0. The maximum absolute atomic E-state index is 15.4. The molecule has 0 aliphatic carbocycles. The van der Waals surface area contributed by atoms with Crippen LogP contribution in [-0.2, 0) is 83.2 Å². The van der Waals surface area contributed by atoms with Gasteiger partial charge in [-0.25, -0.2) is 0 Å². The van der Waals surface area contributed by atoms with E-state index in [1.54, 1.807) is 117 Å². The van der Waals surface area contributed by atoms with E-state index in [1.165, 1.54) is 4.90 Å². The summed E-state index contributed by atoms with van der Waals surface area (Å²) in [7, 11) is 0. The first-order valence-corrected chi connectivity index (χ1v) is 33.9. The predicted octanol–water partition coefficient (Wildman–Crippen LogP) is 1.35. The van der Waals surface area contributed by atoms with Gasteiger partial charge >= 0.3 is 0 Å². The second-order valence-electron chi connectivity index (χ2n) is 26.5. The number of fused-ring (bicyclic) bond motifs is 4. The Labute approximate surface area is 577 Å². The van der Waals surface area contributed by atoms with E-state index in [1.807, 2.05) is 32.0 Å². The molecule has 3 aromatic heterocycles. The lowest BCUT2D eigenvalue weighted by molar-refractivity contribution is -0.142. The van der Waals surface area contributed by atoms with Crippen molar-refractivity contribution in [2.45, 2.75) is 165 Å². The van der Waals surface area contributed by atoms with Crippen LogP contribution in [0.5, 0.6) is 0 Å². The largest absolute Gasteiger partial charge is 0.370 e. The third-order valence-electron chi connectivity index (χ3n) is 18.2. The molecule has 2 fully saturated rings. The Morgan fingerprint density at radius 2 is 0.860 bits per heavy atom. The van der Waals surface area contributed by atoms with Gasteiger partial charge in [-0.15, -0.1) is 0 Å². The fraction of sp³-hybridized carbons (Fsp3) is 0.417. The number of amides is 12. The number of aromatic amines is 3. The summed E-state index contributed by atoms with van der Waals surface area (Å²) in [4.78, 5) is 187. The van der Waals surface area contributed by atoms with Crippen molar-refractivity contribution in [2.24, 2.45) is 29.0 Å². The number of primary amides is 2. The van der Waals surface area contributed by atoms with Crippen molar-refractivity contribution < 1.29 is 57.5 Å². The van der Waals surface area contributed by atoms with Crippen molar-refractivity contribution in [1.82, 2.24) is 67.7 Å². The van der Waals surface area contributed by atoms with Gasteiger partial charge in [0.25, 0.3) is 0 Å². The maximum Gasteiger partial charge on any atom is 0.246 e. The zero-order valence-electron chi connectivity index (χ0n) is 56.5. The Bertz CT molecular complexity index is 4130. The molecule has 0 saturated carbocycles. The number of aromatic nitrogens is 3.